The highest BCUT2D eigenvalue weighted by atomic mass is 79.9. The molecule has 7 heteroatoms. The minimum Gasteiger partial charge on any atom is -0.312 e. The van der Waals surface area contributed by atoms with E-state index in [1.54, 1.807) is 36.4 Å². The van der Waals surface area contributed by atoms with Gasteiger partial charge in [0.25, 0.3) is 10.0 Å². The second-order valence-corrected chi connectivity index (χ2v) is 8.55. The zero-order valence-corrected chi connectivity index (χ0v) is 16.4. The Labute approximate surface area is 159 Å². The molecule has 128 valence electrons. The van der Waals surface area contributed by atoms with E-state index in [1.165, 1.54) is 11.3 Å². The predicted octanol–water partition coefficient (Wildman–Crippen LogP) is 4.45. The van der Waals surface area contributed by atoms with Crippen LogP contribution in [0.4, 0.5) is 0 Å². The highest BCUT2D eigenvalue weighted by Gasteiger charge is 2.14. The number of allylic oxidation sites excluding steroid dienone is 1. The Balaban J connectivity index is 2.14. The topological polar surface area (TPSA) is 51.4 Å². The Morgan fingerprint density at radius 3 is 2.44 bits per heavy atom. The Bertz CT molecular complexity index is 1050. The van der Waals surface area contributed by atoms with Crippen LogP contribution in [0.1, 0.15) is 0 Å². The third kappa shape index (κ3) is 4.00. The fourth-order valence-corrected chi connectivity index (χ4v) is 4.73. The molecule has 0 fully saturated rings. The van der Waals surface area contributed by atoms with Gasteiger partial charge >= 0.3 is 0 Å². The maximum Gasteiger partial charge on any atom is 0.285 e. The SMILES string of the molecule is C=CCn1c(-c2ccc(Br)cc2)csc1=NS(=O)(=O)c1ccccc1. The van der Waals surface area contributed by atoms with Crippen LogP contribution in [0.25, 0.3) is 11.3 Å². The summed E-state index contributed by atoms with van der Waals surface area (Å²) in [6.07, 6.45) is 1.73. The first-order valence-electron chi connectivity index (χ1n) is 7.42. The number of hydrogen-bond donors (Lipinski definition) is 0. The number of halogens is 1. The fraction of sp³-hybridized carbons (Fsp3) is 0.0556. The minimum atomic E-state index is -3.76. The van der Waals surface area contributed by atoms with E-state index in [0.717, 1.165) is 15.7 Å². The van der Waals surface area contributed by atoms with Gasteiger partial charge in [-0.05, 0) is 29.8 Å². The van der Waals surface area contributed by atoms with Gasteiger partial charge in [-0.1, -0.05) is 52.3 Å². The molecule has 0 aliphatic carbocycles. The summed E-state index contributed by atoms with van der Waals surface area (Å²) in [6.45, 7) is 4.24. The van der Waals surface area contributed by atoms with E-state index in [4.69, 9.17) is 0 Å². The van der Waals surface area contributed by atoms with Gasteiger partial charge in [0.15, 0.2) is 0 Å². The summed E-state index contributed by atoms with van der Waals surface area (Å²) in [6, 6.07) is 16.1. The molecular weight excluding hydrogens is 420 g/mol. The van der Waals surface area contributed by atoms with Crippen LogP contribution in [-0.2, 0) is 16.6 Å². The molecule has 1 heterocycles. The molecule has 3 aromatic rings. The highest BCUT2D eigenvalue weighted by molar-refractivity contribution is 9.10. The van der Waals surface area contributed by atoms with Gasteiger partial charge in [0.1, 0.15) is 0 Å². The largest absolute Gasteiger partial charge is 0.312 e. The highest BCUT2D eigenvalue weighted by Crippen LogP contribution is 2.23. The van der Waals surface area contributed by atoms with Gasteiger partial charge < -0.3 is 4.57 Å². The molecule has 0 aliphatic rings. The number of aromatic nitrogens is 1. The average molecular weight is 435 g/mol. The van der Waals surface area contributed by atoms with Crippen LogP contribution in [0.15, 0.2) is 86.4 Å². The van der Waals surface area contributed by atoms with Gasteiger partial charge in [0, 0.05) is 16.4 Å². The fourth-order valence-electron chi connectivity index (χ4n) is 2.31. The monoisotopic (exact) mass is 434 g/mol. The first-order valence-corrected chi connectivity index (χ1v) is 10.5. The first-order chi connectivity index (χ1) is 12.0. The quantitative estimate of drug-likeness (QED) is 0.556. The van der Waals surface area contributed by atoms with Crippen LogP contribution in [0.2, 0.25) is 0 Å². The molecule has 0 aliphatic heterocycles. The van der Waals surface area contributed by atoms with Crippen molar-refractivity contribution < 1.29 is 8.42 Å². The first kappa shape index (κ1) is 17.8. The molecule has 0 amide bonds. The van der Waals surface area contributed by atoms with E-state index >= 15 is 0 Å². The lowest BCUT2D eigenvalue weighted by molar-refractivity contribution is 0.595. The van der Waals surface area contributed by atoms with Gasteiger partial charge in [0.2, 0.25) is 4.80 Å². The number of nitrogens with zero attached hydrogens (tertiary/aromatic N) is 2. The molecule has 0 atom stereocenters. The summed E-state index contributed by atoms with van der Waals surface area (Å²) in [5.41, 5.74) is 1.89. The molecule has 2 aromatic carbocycles. The summed E-state index contributed by atoms with van der Waals surface area (Å²) < 4.78 is 32.0. The van der Waals surface area contributed by atoms with Crippen molar-refractivity contribution >= 4 is 37.3 Å². The summed E-state index contributed by atoms with van der Waals surface area (Å²) >= 11 is 4.71. The molecule has 0 spiro atoms. The van der Waals surface area contributed by atoms with Gasteiger partial charge in [-0.15, -0.1) is 22.3 Å². The molecule has 25 heavy (non-hydrogen) atoms. The predicted molar refractivity (Wildman–Crippen MR) is 105 cm³/mol. The van der Waals surface area contributed by atoms with E-state index in [-0.39, 0.29) is 4.90 Å². The van der Waals surface area contributed by atoms with E-state index < -0.39 is 10.0 Å². The summed E-state index contributed by atoms with van der Waals surface area (Å²) in [4.78, 5) is 0.598. The number of benzene rings is 2. The Hall–Kier alpha value is -1.96. The minimum absolute atomic E-state index is 0.179. The van der Waals surface area contributed by atoms with Crippen LogP contribution in [0, 0.1) is 0 Å². The van der Waals surface area contributed by atoms with Crippen LogP contribution in [0.3, 0.4) is 0 Å². The molecule has 4 nitrogen and oxygen atoms in total. The van der Waals surface area contributed by atoms with Crippen LogP contribution < -0.4 is 4.80 Å². The van der Waals surface area contributed by atoms with Gasteiger partial charge in [-0.3, -0.25) is 0 Å². The zero-order valence-electron chi connectivity index (χ0n) is 13.2. The third-order valence-electron chi connectivity index (χ3n) is 3.49. The summed E-state index contributed by atoms with van der Waals surface area (Å²) in [5, 5.41) is 1.91. The van der Waals surface area contributed by atoms with Gasteiger partial charge in [-0.2, -0.15) is 8.42 Å². The zero-order chi connectivity index (χ0) is 17.9. The Morgan fingerprint density at radius 2 is 1.80 bits per heavy atom. The Morgan fingerprint density at radius 1 is 1.12 bits per heavy atom. The number of sulfonamides is 1. The van der Waals surface area contributed by atoms with E-state index in [1.807, 2.05) is 34.2 Å². The standard InChI is InChI=1S/C18H15BrN2O2S2/c1-2-12-21-17(14-8-10-15(19)11-9-14)13-24-18(21)20-25(22,23)16-6-4-3-5-7-16/h2-11,13H,1,12H2. The van der Waals surface area contributed by atoms with Crippen molar-refractivity contribution in [3.05, 3.63) is 81.9 Å². The summed E-state index contributed by atoms with van der Waals surface area (Å²) in [5.74, 6) is 0. The number of hydrogen-bond acceptors (Lipinski definition) is 3. The van der Waals surface area contributed by atoms with Crippen molar-refractivity contribution in [3.63, 3.8) is 0 Å². The van der Waals surface area contributed by atoms with Crippen LogP contribution in [0.5, 0.6) is 0 Å². The molecule has 0 unspecified atom stereocenters. The molecule has 0 N–H and O–H groups in total. The van der Waals surface area contributed by atoms with E-state index in [9.17, 15) is 8.42 Å². The number of rotatable bonds is 5. The molecule has 0 saturated carbocycles. The molecule has 3 rings (SSSR count). The molecule has 1 aromatic heterocycles. The van der Waals surface area contributed by atoms with Crippen LogP contribution >= 0.6 is 27.3 Å². The lowest BCUT2D eigenvalue weighted by atomic mass is 10.2. The van der Waals surface area contributed by atoms with Crippen LogP contribution in [-0.4, -0.2) is 13.0 Å². The second-order valence-electron chi connectivity index (χ2n) is 5.19. The third-order valence-corrected chi connectivity index (χ3v) is 6.28. The lowest BCUT2D eigenvalue weighted by Gasteiger charge is -2.06. The van der Waals surface area contributed by atoms with Gasteiger partial charge in [-0.25, -0.2) is 0 Å². The van der Waals surface area contributed by atoms with Crippen molar-refractivity contribution in [3.8, 4) is 11.3 Å². The van der Waals surface area contributed by atoms with E-state index in [0.29, 0.717) is 11.3 Å². The normalized spacial score (nSPS) is 12.3. The lowest BCUT2D eigenvalue weighted by Crippen LogP contribution is -2.17. The van der Waals surface area contributed by atoms with Gasteiger partial charge in [0.05, 0.1) is 10.6 Å². The van der Waals surface area contributed by atoms with Crippen molar-refractivity contribution in [2.75, 3.05) is 0 Å². The smallest absolute Gasteiger partial charge is 0.285 e. The summed E-state index contributed by atoms with van der Waals surface area (Å²) in [7, 11) is -3.76. The second kappa shape index (κ2) is 7.51. The Kier molecular flexibility index (Phi) is 5.36. The van der Waals surface area contributed by atoms with Crippen molar-refractivity contribution in [2.24, 2.45) is 4.40 Å². The molecular formula is C18H15BrN2O2S2. The van der Waals surface area contributed by atoms with E-state index in [2.05, 4.69) is 26.9 Å². The maximum atomic E-state index is 12.5. The maximum absolute atomic E-state index is 12.5. The average Bonchev–Trinajstić information content (AvgIpc) is 2.99. The van der Waals surface area contributed by atoms with Crippen molar-refractivity contribution in [2.45, 2.75) is 11.4 Å². The molecule has 0 radical (unpaired) electrons. The van der Waals surface area contributed by atoms with Crippen molar-refractivity contribution in [1.82, 2.24) is 4.57 Å². The molecule has 0 saturated heterocycles. The number of thiazole rings is 1. The van der Waals surface area contributed by atoms with Crippen molar-refractivity contribution in [1.29, 1.82) is 0 Å². The molecule has 0 bridgehead atoms.